The van der Waals surface area contributed by atoms with Crippen molar-refractivity contribution >= 4 is 29.0 Å². The maximum atomic E-state index is 6.21. The number of anilines is 1. The second-order valence-electron chi connectivity index (χ2n) is 6.12. The predicted molar refractivity (Wildman–Crippen MR) is 98.3 cm³/mol. The zero-order valence-corrected chi connectivity index (χ0v) is 15.2. The van der Waals surface area contributed by atoms with Gasteiger partial charge in [0.15, 0.2) is 0 Å². The number of aromatic nitrogens is 2. The van der Waals surface area contributed by atoms with Crippen molar-refractivity contribution in [3.05, 3.63) is 39.5 Å². The van der Waals surface area contributed by atoms with Crippen LogP contribution in [0.2, 0.25) is 10.0 Å². The smallest absolute Gasteiger partial charge is 0.133 e. The van der Waals surface area contributed by atoms with E-state index in [4.69, 9.17) is 28.3 Å². The number of rotatable bonds is 4. The van der Waals surface area contributed by atoms with E-state index >= 15 is 0 Å². The third kappa shape index (κ3) is 3.22. The topological polar surface area (TPSA) is 29.9 Å². The molecule has 1 aromatic carbocycles. The second-order valence-corrected chi connectivity index (χ2v) is 6.93. The highest BCUT2D eigenvalue weighted by atomic mass is 35.5. The van der Waals surface area contributed by atoms with Crippen molar-refractivity contribution < 1.29 is 0 Å². The Morgan fingerprint density at radius 1 is 1.17 bits per heavy atom. The van der Waals surface area contributed by atoms with E-state index in [1.165, 1.54) is 24.1 Å². The average molecular weight is 352 g/mol. The highest BCUT2D eigenvalue weighted by molar-refractivity contribution is 6.42. The van der Waals surface area contributed by atoms with E-state index in [0.717, 1.165) is 37.3 Å². The summed E-state index contributed by atoms with van der Waals surface area (Å²) < 4.78 is 2.01. The molecule has 1 aliphatic rings. The van der Waals surface area contributed by atoms with Crippen LogP contribution in [-0.2, 0) is 6.42 Å². The van der Waals surface area contributed by atoms with Gasteiger partial charge in [-0.05, 0) is 50.3 Å². The molecule has 3 nitrogen and oxygen atoms in total. The molecule has 1 aliphatic heterocycles. The predicted octanol–water partition coefficient (Wildman–Crippen LogP) is 5.83. The Hall–Kier alpha value is -1.19. The lowest BCUT2D eigenvalue weighted by molar-refractivity contribution is 0.605. The number of halogens is 2. The SMILES string of the molecule is CCC(CC)c1nn(-c2ccc(Cl)c(Cl)c2)c2c1CCCCN2. The third-order valence-electron chi connectivity index (χ3n) is 4.68. The molecule has 124 valence electrons. The summed E-state index contributed by atoms with van der Waals surface area (Å²) >= 11 is 12.3. The fraction of sp³-hybridized carbons (Fsp3) is 0.500. The van der Waals surface area contributed by atoms with Gasteiger partial charge in [0.2, 0.25) is 0 Å². The van der Waals surface area contributed by atoms with Gasteiger partial charge in [0.1, 0.15) is 5.82 Å². The van der Waals surface area contributed by atoms with E-state index in [1.807, 2.05) is 22.9 Å². The van der Waals surface area contributed by atoms with Crippen LogP contribution in [0.4, 0.5) is 5.82 Å². The van der Waals surface area contributed by atoms with E-state index in [9.17, 15) is 0 Å². The maximum Gasteiger partial charge on any atom is 0.133 e. The molecule has 5 heteroatoms. The monoisotopic (exact) mass is 351 g/mol. The standard InChI is InChI=1S/C18H23Cl2N3/c1-3-12(4-2)17-14-7-5-6-10-21-18(14)23(22-17)13-8-9-15(19)16(20)11-13/h8-9,11-12,21H,3-7,10H2,1-2H3. The minimum absolute atomic E-state index is 0.507. The lowest BCUT2D eigenvalue weighted by Crippen LogP contribution is -2.07. The molecule has 1 aromatic heterocycles. The van der Waals surface area contributed by atoms with Crippen molar-refractivity contribution in [2.45, 2.75) is 51.9 Å². The number of benzene rings is 1. The zero-order chi connectivity index (χ0) is 16.4. The van der Waals surface area contributed by atoms with Crippen LogP contribution >= 0.6 is 23.2 Å². The Morgan fingerprint density at radius 3 is 2.65 bits per heavy atom. The largest absolute Gasteiger partial charge is 0.370 e. The van der Waals surface area contributed by atoms with Crippen LogP contribution in [0.1, 0.15) is 56.7 Å². The van der Waals surface area contributed by atoms with Crippen molar-refractivity contribution in [3.8, 4) is 5.69 Å². The molecule has 0 saturated heterocycles. The van der Waals surface area contributed by atoms with Crippen molar-refractivity contribution in [2.75, 3.05) is 11.9 Å². The minimum Gasteiger partial charge on any atom is -0.370 e. The van der Waals surface area contributed by atoms with Gasteiger partial charge in [0.25, 0.3) is 0 Å². The van der Waals surface area contributed by atoms with E-state index in [2.05, 4.69) is 19.2 Å². The summed E-state index contributed by atoms with van der Waals surface area (Å²) in [4.78, 5) is 0. The lowest BCUT2D eigenvalue weighted by atomic mass is 9.94. The van der Waals surface area contributed by atoms with Crippen LogP contribution in [0.25, 0.3) is 5.69 Å². The number of hydrogen-bond donors (Lipinski definition) is 1. The van der Waals surface area contributed by atoms with Crippen LogP contribution in [0.15, 0.2) is 18.2 Å². The minimum atomic E-state index is 0.507. The van der Waals surface area contributed by atoms with Gasteiger partial charge in [0.05, 0.1) is 21.4 Å². The second kappa shape index (κ2) is 7.14. The summed E-state index contributed by atoms with van der Waals surface area (Å²) in [6.07, 6.45) is 5.72. The Labute approximate surface area is 148 Å². The first kappa shape index (κ1) is 16.7. The molecule has 1 N–H and O–H groups in total. The zero-order valence-electron chi connectivity index (χ0n) is 13.7. The van der Waals surface area contributed by atoms with Gasteiger partial charge in [-0.3, -0.25) is 0 Å². The van der Waals surface area contributed by atoms with Crippen molar-refractivity contribution in [1.29, 1.82) is 0 Å². The summed E-state index contributed by atoms with van der Waals surface area (Å²) in [7, 11) is 0. The fourth-order valence-electron chi connectivity index (χ4n) is 3.34. The molecule has 0 unspecified atom stereocenters. The molecule has 23 heavy (non-hydrogen) atoms. The van der Waals surface area contributed by atoms with Crippen LogP contribution in [0.3, 0.4) is 0 Å². The number of hydrogen-bond acceptors (Lipinski definition) is 2. The van der Waals surface area contributed by atoms with Gasteiger partial charge in [-0.1, -0.05) is 37.0 Å². The quantitative estimate of drug-likeness (QED) is 0.750. The van der Waals surface area contributed by atoms with Gasteiger partial charge < -0.3 is 5.32 Å². The number of nitrogens with one attached hydrogen (secondary N) is 1. The number of fused-ring (bicyclic) bond motifs is 1. The van der Waals surface area contributed by atoms with E-state index in [0.29, 0.717) is 16.0 Å². The first-order valence-electron chi connectivity index (χ1n) is 8.46. The molecule has 0 amide bonds. The highest BCUT2D eigenvalue weighted by Gasteiger charge is 2.24. The third-order valence-corrected chi connectivity index (χ3v) is 5.42. The van der Waals surface area contributed by atoms with Gasteiger partial charge in [0, 0.05) is 18.0 Å². The maximum absolute atomic E-state index is 6.21. The molecule has 2 heterocycles. The van der Waals surface area contributed by atoms with Crippen molar-refractivity contribution in [1.82, 2.24) is 9.78 Å². The summed E-state index contributed by atoms with van der Waals surface area (Å²) in [5, 5.41) is 9.68. The Bertz CT molecular complexity index is 690. The molecule has 0 bridgehead atoms. The summed E-state index contributed by atoms with van der Waals surface area (Å²) in [5.74, 6) is 1.63. The molecule has 3 rings (SSSR count). The van der Waals surface area contributed by atoms with Crippen LogP contribution in [0, 0.1) is 0 Å². The molecular formula is C18H23Cl2N3. The average Bonchev–Trinajstić information content (AvgIpc) is 2.74. The van der Waals surface area contributed by atoms with E-state index < -0.39 is 0 Å². The van der Waals surface area contributed by atoms with Crippen molar-refractivity contribution in [2.24, 2.45) is 0 Å². The first-order chi connectivity index (χ1) is 11.2. The molecule has 0 radical (unpaired) electrons. The molecule has 2 aromatic rings. The van der Waals surface area contributed by atoms with Gasteiger partial charge >= 0.3 is 0 Å². The lowest BCUT2D eigenvalue weighted by Gasteiger charge is -2.11. The normalized spacial score (nSPS) is 14.5. The van der Waals surface area contributed by atoms with Gasteiger partial charge in [-0.15, -0.1) is 0 Å². The Balaban J connectivity index is 2.14. The highest BCUT2D eigenvalue weighted by Crippen LogP contribution is 2.35. The molecule has 0 atom stereocenters. The first-order valence-corrected chi connectivity index (χ1v) is 9.22. The fourth-order valence-corrected chi connectivity index (χ4v) is 3.63. The Morgan fingerprint density at radius 2 is 1.96 bits per heavy atom. The number of nitrogens with zero attached hydrogens (tertiary/aromatic N) is 2. The molecule has 0 spiro atoms. The van der Waals surface area contributed by atoms with E-state index in [-0.39, 0.29) is 0 Å². The van der Waals surface area contributed by atoms with Crippen LogP contribution in [0.5, 0.6) is 0 Å². The summed E-state index contributed by atoms with van der Waals surface area (Å²) in [6.45, 7) is 5.47. The van der Waals surface area contributed by atoms with Crippen molar-refractivity contribution in [3.63, 3.8) is 0 Å². The summed E-state index contributed by atoms with van der Waals surface area (Å²) in [5.41, 5.74) is 3.58. The van der Waals surface area contributed by atoms with Gasteiger partial charge in [-0.25, -0.2) is 4.68 Å². The molecule has 0 saturated carbocycles. The summed E-state index contributed by atoms with van der Waals surface area (Å²) in [6, 6.07) is 5.70. The van der Waals surface area contributed by atoms with Crippen LogP contribution < -0.4 is 5.32 Å². The molecule has 0 aliphatic carbocycles. The molecule has 0 fully saturated rings. The Kier molecular flexibility index (Phi) is 5.17. The molecular weight excluding hydrogens is 329 g/mol. The van der Waals surface area contributed by atoms with Gasteiger partial charge in [-0.2, -0.15) is 5.10 Å². The van der Waals surface area contributed by atoms with Crippen LogP contribution in [-0.4, -0.2) is 16.3 Å². The van der Waals surface area contributed by atoms with E-state index in [1.54, 1.807) is 0 Å².